The first kappa shape index (κ1) is 14.3. The fourth-order valence-electron chi connectivity index (χ4n) is 1.77. The molecule has 2 aromatic heterocycles. The minimum absolute atomic E-state index is 0.000417. The third kappa shape index (κ3) is 3.00. The largest absolute Gasteiger partial charge is 0.494 e. The Morgan fingerprint density at radius 1 is 1.30 bits per heavy atom. The zero-order chi connectivity index (χ0) is 16.4. The summed E-state index contributed by atoms with van der Waals surface area (Å²) in [6.45, 7) is 0. The van der Waals surface area contributed by atoms with E-state index in [0.29, 0.717) is 11.1 Å². The number of guanidine groups is 1. The summed E-state index contributed by atoms with van der Waals surface area (Å²) in [5.41, 5.74) is 4.83. The van der Waals surface area contributed by atoms with Gasteiger partial charge in [-0.25, -0.2) is 9.79 Å². The lowest BCUT2D eigenvalue weighted by atomic mass is 10.3. The number of hydrogen-bond donors (Lipinski definition) is 4. The fourth-order valence-corrected chi connectivity index (χ4v) is 1.77. The summed E-state index contributed by atoms with van der Waals surface area (Å²) in [6.07, 6.45) is 0.964. The van der Waals surface area contributed by atoms with E-state index in [0.717, 1.165) is 6.21 Å². The van der Waals surface area contributed by atoms with Crippen LogP contribution in [0.2, 0.25) is 0 Å². The first-order valence-electron chi connectivity index (χ1n) is 6.32. The number of aromatic amines is 2. The van der Waals surface area contributed by atoms with Crippen molar-refractivity contribution in [1.29, 1.82) is 0 Å². The van der Waals surface area contributed by atoms with Crippen LogP contribution < -0.4 is 17.0 Å². The highest BCUT2D eigenvalue weighted by Gasteiger charge is 2.06. The molecule has 10 nitrogen and oxygen atoms in total. The van der Waals surface area contributed by atoms with Crippen molar-refractivity contribution in [1.82, 2.24) is 15.0 Å². The smallest absolute Gasteiger partial charge is 0.328 e. The summed E-state index contributed by atoms with van der Waals surface area (Å²) < 4.78 is 5.34. The van der Waals surface area contributed by atoms with Crippen LogP contribution in [0.3, 0.4) is 0 Å². The molecule has 116 valence electrons. The summed E-state index contributed by atoms with van der Waals surface area (Å²) in [4.78, 5) is 38.0. The number of nitrogens with zero attached hydrogens (tertiary/aromatic N) is 3. The van der Waals surface area contributed by atoms with Crippen molar-refractivity contribution in [2.45, 2.75) is 0 Å². The van der Waals surface area contributed by atoms with E-state index in [4.69, 9.17) is 10.2 Å². The Kier molecular flexibility index (Phi) is 3.47. The normalized spacial score (nSPS) is 12.3. The van der Waals surface area contributed by atoms with Crippen molar-refractivity contribution < 1.29 is 9.52 Å². The van der Waals surface area contributed by atoms with E-state index in [1.165, 1.54) is 0 Å². The van der Waals surface area contributed by atoms with Gasteiger partial charge in [-0.3, -0.25) is 14.8 Å². The molecule has 0 unspecified atom stereocenters. The molecule has 3 aromatic rings. The van der Waals surface area contributed by atoms with Crippen LogP contribution in [-0.2, 0) is 0 Å². The highest BCUT2D eigenvalue weighted by atomic mass is 16.4. The molecule has 23 heavy (non-hydrogen) atoms. The van der Waals surface area contributed by atoms with Crippen LogP contribution in [0.1, 0.15) is 5.56 Å². The lowest BCUT2D eigenvalue weighted by Gasteiger charge is -1.95. The monoisotopic (exact) mass is 314 g/mol. The zero-order valence-electron chi connectivity index (χ0n) is 11.5. The number of nitrogens with one attached hydrogen (secondary N) is 2. The molecule has 0 radical (unpaired) electrons. The molecule has 0 bridgehead atoms. The van der Waals surface area contributed by atoms with Gasteiger partial charge in [0.15, 0.2) is 5.58 Å². The number of aliphatic imine (C=N–C) groups is 2. The Morgan fingerprint density at radius 3 is 2.83 bits per heavy atom. The SMILES string of the molecule is NC(/N=C/c1c(O)[nH]c(=O)[nH]c1=O)=N\c1nc2ccccc2o1. The maximum atomic E-state index is 11.5. The molecule has 2 heterocycles. The highest BCUT2D eigenvalue weighted by molar-refractivity contribution is 5.94. The van der Waals surface area contributed by atoms with Gasteiger partial charge in [-0.05, 0) is 12.1 Å². The van der Waals surface area contributed by atoms with E-state index in [1.807, 2.05) is 9.97 Å². The fraction of sp³-hybridized carbons (Fsp3) is 0. The van der Waals surface area contributed by atoms with Gasteiger partial charge in [-0.2, -0.15) is 9.98 Å². The predicted molar refractivity (Wildman–Crippen MR) is 82.2 cm³/mol. The lowest BCUT2D eigenvalue weighted by molar-refractivity contribution is 0.447. The third-order valence-electron chi connectivity index (χ3n) is 2.78. The second-order valence-corrected chi connectivity index (χ2v) is 4.36. The molecule has 0 aliphatic heterocycles. The summed E-state index contributed by atoms with van der Waals surface area (Å²) in [5.74, 6) is -0.876. The first-order chi connectivity index (χ1) is 11.0. The molecule has 0 saturated carbocycles. The van der Waals surface area contributed by atoms with Crippen LogP contribution in [0.25, 0.3) is 11.1 Å². The maximum absolute atomic E-state index is 11.5. The molecule has 5 N–H and O–H groups in total. The molecule has 0 aliphatic rings. The zero-order valence-corrected chi connectivity index (χ0v) is 11.5. The van der Waals surface area contributed by atoms with Gasteiger partial charge in [0.05, 0.1) is 0 Å². The minimum Gasteiger partial charge on any atom is -0.494 e. The van der Waals surface area contributed by atoms with Gasteiger partial charge >= 0.3 is 11.7 Å². The van der Waals surface area contributed by atoms with E-state index >= 15 is 0 Å². The van der Waals surface area contributed by atoms with E-state index in [9.17, 15) is 14.7 Å². The molecule has 0 atom stereocenters. The Hall–Kier alpha value is -3.69. The Balaban J connectivity index is 1.90. The van der Waals surface area contributed by atoms with Crippen LogP contribution in [0.5, 0.6) is 5.88 Å². The summed E-state index contributed by atoms with van der Waals surface area (Å²) in [6, 6.07) is 7.05. The Bertz CT molecular complexity index is 1010. The molecule has 10 heteroatoms. The predicted octanol–water partition coefficient (Wildman–Crippen LogP) is -0.0247. The number of aromatic hydroxyl groups is 1. The number of H-pyrrole nitrogens is 2. The molecular formula is C13H10N6O4. The second kappa shape index (κ2) is 5.60. The number of aromatic nitrogens is 3. The van der Waals surface area contributed by atoms with Crippen molar-refractivity contribution in [3.05, 3.63) is 50.7 Å². The summed E-state index contributed by atoms with van der Waals surface area (Å²) >= 11 is 0. The maximum Gasteiger partial charge on any atom is 0.328 e. The molecule has 1 aromatic carbocycles. The number of para-hydroxylation sites is 2. The van der Waals surface area contributed by atoms with E-state index in [2.05, 4.69) is 15.0 Å². The number of nitrogens with two attached hydrogens (primary N) is 1. The average Bonchev–Trinajstić information content (AvgIpc) is 2.88. The van der Waals surface area contributed by atoms with Gasteiger partial charge in [0, 0.05) is 6.21 Å². The minimum atomic E-state index is -0.835. The number of hydrogen-bond acceptors (Lipinski definition) is 6. The third-order valence-corrected chi connectivity index (χ3v) is 2.78. The molecule has 0 spiro atoms. The van der Waals surface area contributed by atoms with Crippen LogP contribution in [0, 0.1) is 0 Å². The number of benzene rings is 1. The van der Waals surface area contributed by atoms with Crippen LogP contribution in [0.4, 0.5) is 6.01 Å². The summed E-state index contributed by atoms with van der Waals surface area (Å²) in [5, 5.41) is 9.49. The van der Waals surface area contributed by atoms with Crippen molar-refractivity contribution in [2.24, 2.45) is 15.7 Å². The summed E-state index contributed by atoms with van der Waals surface area (Å²) in [7, 11) is 0. The average molecular weight is 314 g/mol. The lowest BCUT2D eigenvalue weighted by Crippen LogP contribution is -2.25. The molecule has 0 fully saturated rings. The van der Waals surface area contributed by atoms with Crippen molar-refractivity contribution in [3.63, 3.8) is 0 Å². The Labute approximate surface area is 127 Å². The van der Waals surface area contributed by atoms with Crippen molar-refractivity contribution >= 4 is 29.3 Å². The van der Waals surface area contributed by atoms with E-state index in [1.54, 1.807) is 24.3 Å². The van der Waals surface area contributed by atoms with Crippen LogP contribution in [-0.4, -0.2) is 32.2 Å². The van der Waals surface area contributed by atoms with Gasteiger partial charge < -0.3 is 15.3 Å². The highest BCUT2D eigenvalue weighted by Crippen LogP contribution is 2.20. The molecule has 3 rings (SSSR count). The van der Waals surface area contributed by atoms with Gasteiger partial charge in [0.1, 0.15) is 11.1 Å². The van der Waals surface area contributed by atoms with E-state index < -0.39 is 17.1 Å². The van der Waals surface area contributed by atoms with E-state index in [-0.39, 0.29) is 17.5 Å². The van der Waals surface area contributed by atoms with Crippen molar-refractivity contribution in [3.8, 4) is 5.88 Å². The topological polar surface area (TPSA) is 163 Å². The van der Waals surface area contributed by atoms with Gasteiger partial charge in [-0.15, -0.1) is 0 Å². The molecular weight excluding hydrogens is 304 g/mol. The van der Waals surface area contributed by atoms with Gasteiger partial charge in [0.25, 0.3) is 5.56 Å². The van der Waals surface area contributed by atoms with Crippen LogP contribution in [0.15, 0.2) is 48.3 Å². The van der Waals surface area contributed by atoms with Crippen molar-refractivity contribution in [2.75, 3.05) is 0 Å². The molecule has 0 saturated heterocycles. The van der Waals surface area contributed by atoms with Crippen LogP contribution >= 0.6 is 0 Å². The molecule has 0 aliphatic carbocycles. The van der Waals surface area contributed by atoms with Gasteiger partial charge in [-0.1, -0.05) is 12.1 Å². The quantitative estimate of drug-likeness (QED) is 0.383. The van der Waals surface area contributed by atoms with Gasteiger partial charge in [0.2, 0.25) is 11.8 Å². The number of oxazole rings is 1. The number of fused-ring (bicyclic) bond motifs is 1. The standard InChI is InChI=1S/C13H10N6O4/c14-11(15-5-6-9(20)17-12(22)18-10(6)21)19-13-16-7-3-1-2-4-8(7)23-13/h1-5H,(H2,14,16,19)(H3,17,18,20,21,22)/b15-5+. The molecule has 0 amide bonds. The first-order valence-corrected chi connectivity index (χ1v) is 6.32. The Morgan fingerprint density at radius 2 is 2.09 bits per heavy atom. The number of rotatable bonds is 2. The second-order valence-electron chi connectivity index (χ2n) is 4.36.